The lowest BCUT2D eigenvalue weighted by Gasteiger charge is -2.03. The largest absolute Gasteiger partial charge is 0.480 e. The third kappa shape index (κ3) is 4.69. The molecule has 0 radical (unpaired) electrons. The molecule has 7 nitrogen and oxygen atoms in total. The van der Waals surface area contributed by atoms with Gasteiger partial charge in [-0.3, -0.25) is 9.59 Å². The number of aromatic nitrogens is 3. The third-order valence-corrected chi connectivity index (χ3v) is 3.15. The number of nitrogens with zero attached hydrogens (tertiary/aromatic N) is 3. The van der Waals surface area contributed by atoms with Crippen molar-refractivity contribution in [3.05, 3.63) is 41.6 Å². The molecule has 0 unspecified atom stereocenters. The van der Waals surface area contributed by atoms with Crippen molar-refractivity contribution in [2.24, 2.45) is 0 Å². The van der Waals surface area contributed by atoms with Gasteiger partial charge in [0.25, 0.3) is 0 Å². The molecule has 0 saturated heterocycles. The van der Waals surface area contributed by atoms with Crippen molar-refractivity contribution in [1.82, 2.24) is 15.0 Å². The highest BCUT2D eigenvalue weighted by Gasteiger charge is 2.08. The van der Waals surface area contributed by atoms with Gasteiger partial charge in [0.05, 0.1) is 6.20 Å². The number of rotatable bonds is 7. The summed E-state index contributed by atoms with van der Waals surface area (Å²) < 4.78 is 0. The van der Waals surface area contributed by atoms with Gasteiger partial charge in [0.2, 0.25) is 5.91 Å². The Bertz CT molecular complexity index is 649. The minimum absolute atomic E-state index is 0.179. The van der Waals surface area contributed by atoms with Crippen LogP contribution in [0.1, 0.15) is 24.5 Å². The van der Waals surface area contributed by atoms with Gasteiger partial charge in [-0.2, -0.15) is 9.90 Å². The van der Waals surface area contributed by atoms with E-state index in [2.05, 4.69) is 34.6 Å². The van der Waals surface area contributed by atoms with Gasteiger partial charge in [0.15, 0.2) is 12.4 Å². The van der Waals surface area contributed by atoms with E-state index in [1.165, 1.54) is 11.8 Å². The Balaban J connectivity index is 1.82. The molecule has 7 heteroatoms. The second-order valence-corrected chi connectivity index (χ2v) is 4.87. The molecule has 0 aliphatic carbocycles. The van der Waals surface area contributed by atoms with Gasteiger partial charge in [0, 0.05) is 6.42 Å². The van der Waals surface area contributed by atoms with Crippen LogP contribution in [-0.4, -0.2) is 32.0 Å². The Morgan fingerprint density at radius 1 is 1.23 bits per heavy atom. The minimum atomic E-state index is -1.04. The molecule has 116 valence electrons. The molecular formula is C15H18N4O3. The molecule has 0 spiro atoms. The van der Waals surface area contributed by atoms with Crippen molar-refractivity contribution in [3.63, 3.8) is 0 Å². The number of nitrogens with one attached hydrogen (secondary N) is 1. The topological polar surface area (TPSA) is 97.1 Å². The van der Waals surface area contributed by atoms with Crippen molar-refractivity contribution in [3.8, 4) is 0 Å². The minimum Gasteiger partial charge on any atom is -0.480 e. The number of carboxylic acids is 1. The Labute approximate surface area is 128 Å². The van der Waals surface area contributed by atoms with Crippen molar-refractivity contribution in [2.45, 2.75) is 32.7 Å². The summed E-state index contributed by atoms with van der Waals surface area (Å²) in [6.07, 6.45) is 3.29. The third-order valence-electron chi connectivity index (χ3n) is 3.15. The van der Waals surface area contributed by atoms with Gasteiger partial charge < -0.3 is 10.4 Å². The summed E-state index contributed by atoms with van der Waals surface area (Å²) >= 11 is 0. The fourth-order valence-corrected chi connectivity index (χ4v) is 1.96. The molecule has 22 heavy (non-hydrogen) atoms. The molecular weight excluding hydrogens is 284 g/mol. The quantitative estimate of drug-likeness (QED) is 0.807. The predicted octanol–water partition coefficient (Wildman–Crippen LogP) is 1.50. The Morgan fingerprint density at radius 3 is 2.55 bits per heavy atom. The fraction of sp³-hybridized carbons (Fsp3) is 0.333. The average Bonchev–Trinajstić information content (AvgIpc) is 2.92. The first-order valence-electron chi connectivity index (χ1n) is 7.06. The van der Waals surface area contributed by atoms with E-state index in [1.54, 1.807) is 0 Å². The first-order valence-corrected chi connectivity index (χ1v) is 7.06. The first kappa shape index (κ1) is 15.7. The first-order chi connectivity index (χ1) is 10.6. The van der Waals surface area contributed by atoms with E-state index in [9.17, 15) is 9.59 Å². The monoisotopic (exact) mass is 302 g/mol. The summed E-state index contributed by atoms with van der Waals surface area (Å²) in [5.41, 5.74) is 2.37. The van der Waals surface area contributed by atoms with Crippen molar-refractivity contribution < 1.29 is 14.7 Å². The molecule has 2 N–H and O–H groups in total. The molecule has 1 aromatic heterocycles. The number of amides is 1. The molecule has 0 aliphatic rings. The normalized spacial score (nSPS) is 10.4. The van der Waals surface area contributed by atoms with Crippen LogP contribution in [0, 0.1) is 0 Å². The number of hydrogen-bond donors (Lipinski definition) is 2. The highest BCUT2D eigenvalue weighted by Crippen LogP contribution is 2.08. The summed E-state index contributed by atoms with van der Waals surface area (Å²) in [5, 5.41) is 18.8. The van der Waals surface area contributed by atoms with Gasteiger partial charge in [-0.05, 0) is 24.0 Å². The van der Waals surface area contributed by atoms with E-state index in [0.717, 1.165) is 16.8 Å². The standard InChI is InChI=1S/C15H18N4O3/c1-2-11-3-5-12(6-4-11)7-8-14(20)17-13-9-16-19(18-13)10-15(21)22/h3-6,9H,2,7-8,10H2,1H3,(H,21,22)(H,17,18,20). The molecule has 1 heterocycles. The van der Waals surface area contributed by atoms with Gasteiger partial charge in [-0.1, -0.05) is 31.2 Å². The Kier molecular flexibility index (Phi) is 5.24. The number of aryl methyl sites for hydroxylation is 2. The molecule has 2 aromatic rings. The number of carbonyl (C=O) groups excluding carboxylic acids is 1. The molecule has 0 aliphatic heterocycles. The SMILES string of the molecule is CCc1ccc(CCC(=O)Nc2cnn(CC(=O)O)n2)cc1. The summed E-state index contributed by atoms with van der Waals surface area (Å²) in [5.74, 6) is -0.960. The molecule has 0 bridgehead atoms. The zero-order chi connectivity index (χ0) is 15.9. The van der Waals surface area contributed by atoms with Gasteiger partial charge in [-0.25, -0.2) is 0 Å². The van der Waals surface area contributed by atoms with Crippen molar-refractivity contribution in [2.75, 3.05) is 5.32 Å². The highest BCUT2D eigenvalue weighted by molar-refractivity contribution is 5.89. The number of carbonyl (C=O) groups is 2. The lowest BCUT2D eigenvalue weighted by atomic mass is 10.1. The number of carboxylic acid groups (broad SMARTS) is 1. The average molecular weight is 302 g/mol. The van der Waals surface area contributed by atoms with E-state index in [1.807, 2.05) is 12.1 Å². The lowest BCUT2D eigenvalue weighted by molar-refractivity contribution is -0.138. The zero-order valence-electron chi connectivity index (χ0n) is 12.3. The van der Waals surface area contributed by atoms with Crippen molar-refractivity contribution in [1.29, 1.82) is 0 Å². The van der Waals surface area contributed by atoms with Crippen LogP contribution < -0.4 is 5.32 Å². The summed E-state index contributed by atoms with van der Waals surface area (Å²) in [6, 6.07) is 8.17. The number of anilines is 1. The number of aliphatic carboxylic acids is 1. The van der Waals surface area contributed by atoms with Gasteiger partial charge >= 0.3 is 5.97 Å². The van der Waals surface area contributed by atoms with E-state index < -0.39 is 5.97 Å². The summed E-state index contributed by atoms with van der Waals surface area (Å²) in [6.45, 7) is 1.76. The number of benzene rings is 1. The van der Waals surface area contributed by atoms with Gasteiger partial charge in [0.1, 0.15) is 0 Å². The van der Waals surface area contributed by atoms with Crippen molar-refractivity contribution >= 4 is 17.7 Å². The lowest BCUT2D eigenvalue weighted by Crippen LogP contribution is -2.14. The van der Waals surface area contributed by atoms with Crippen LogP contribution in [-0.2, 0) is 29.0 Å². The number of hydrogen-bond acceptors (Lipinski definition) is 4. The molecule has 0 saturated carbocycles. The highest BCUT2D eigenvalue weighted by atomic mass is 16.4. The smallest absolute Gasteiger partial charge is 0.327 e. The Hall–Kier alpha value is -2.70. The second kappa shape index (κ2) is 7.35. The van der Waals surface area contributed by atoms with Crippen LogP contribution in [0.4, 0.5) is 5.82 Å². The summed E-state index contributed by atoms with van der Waals surface area (Å²) in [7, 11) is 0. The van der Waals surface area contributed by atoms with Gasteiger partial charge in [-0.15, -0.1) is 5.10 Å². The molecule has 0 fully saturated rings. The maximum atomic E-state index is 11.8. The fourth-order valence-electron chi connectivity index (χ4n) is 1.96. The van der Waals surface area contributed by atoms with Crippen LogP contribution >= 0.6 is 0 Å². The second-order valence-electron chi connectivity index (χ2n) is 4.87. The molecule has 1 aromatic carbocycles. The maximum Gasteiger partial charge on any atom is 0.327 e. The van der Waals surface area contributed by atoms with E-state index in [-0.39, 0.29) is 18.3 Å². The van der Waals surface area contributed by atoms with Crippen LogP contribution in [0.3, 0.4) is 0 Å². The molecule has 1 amide bonds. The van der Waals surface area contributed by atoms with Crippen LogP contribution in [0.2, 0.25) is 0 Å². The van der Waals surface area contributed by atoms with Crippen LogP contribution in [0.15, 0.2) is 30.5 Å². The molecule has 2 rings (SSSR count). The van der Waals surface area contributed by atoms with E-state index in [4.69, 9.17) is 5.11 Å². The predicted molar refractivity (Wildman–Crippen MR) is 80.4 cm³/mol. The Morgan fingerprint density at radius 2 is 1.91 bits per heavy atom. The van der Waals surface area contributed by atoms with E-state index >= 15 is 0 Å². The van der Waals surface area contributed by atoms with Crippen LogP contribution in [0.25, 0.3) is 0 Å². The zero-order valence-corrected chi connectivity index (χ0v) is 12.3. The van der Waals surface area contributed by atoms with Crippen LogP contribution in [0.5, 0.6) is 0 Å². The maximum absolute atomic E-state index is 11.8. The summed E-state index contributed by atoms with van der Waals surface area (Å²) in [4.78, 5) is 23.4. The molecule has 0 atom stereocenters. The van der Waals surface area contributed by atoms with E-state index in [0.29, 0.717) is 12.8 Å².